The molecule has 5 nitrogen and oxygen atoms in total. The molecule has 8 heteroatoms. The monoisotopic (exact) mass is 293 g/mol. The van der Waals surface area contributed by atoms with Crippen molar-refractivity contribution in [3.63, 3.8) is 0 Å². The van der Waals surface area contributed by atoms with Crippen LogP contribution < -0.4 is 5.32 Å². The van der Waals surface area contributed by atoms with Crippen LogP contribution in [0.5, 0.6) is 0 Å². The Morgan fingerprint density at radius 3 is 2.80 bits per heavy atom. The summed E-state index contributed by atoms with van der Waals surface area (Å²) in [5, 5.41) is 14.7. The molecule has 0 aliphatic carbocycles. The average Bonchev–Trinajstić information content (AvgIpc) is 2.82. The van der Waals surface area contributed by atoms with E-state index in [4.69, 9.17) is 5.11 Å². The van der Waals surface area contributed by atoms with Gasteiger partial charge in [-0.1, -0.05) is 6.92 Å². The third-order valence-electron chi connectivity index (χ3n) is 2.74. The Hall–Kier alpha value is -1.57. The Bertz CT molecular complexity index is 432. The molecular formula is C12H18F3N3O2. The number of nitrogens with one attached hydrogen (secondary N) is 1. The van der Waals surface area contributed by atoms with Gasteiger partial charge < -0.3 is 10.4 Å². The van der Waals surface area contributed by atoms with E-state index < -0.39 is 17.8 Å². The first kappa shape index (κ1) is 16.5. The number of alkyl halides is 3. The second kappa shape index (κ2) is 7.28. The van der Waals surface area contributed by atoms with Gasteiger partial charge in [-0.15, -0.1) is 0 Å². The minimum absolute atomic E-state index is 0.0987. The second-order valence-electron chi connectivity index (χ2n) is 4.68. The van der Waals surface area contributed by atoms with Gasteiger partial charge in [-0.2, -0.15) is 18.3 Å². The molecule has 1 rings (SSSR count). The maximum atomic E-state index is 12.3. The third kappa shape index (κ3) is 5.60. The van der Waals surface area contributed by atoms with Crippen LogP contribution in [-0.4, -0.2) is 33.9 Å². The normalized spacial score (nSPS) is 13.2. The van der Waals surface area contributed by atoms with E-state index in [0.29, 0.717) is 13.0 Å². The molecule has 1 amide bonds. The van der Waals surface area contributed by atoms with E-state index in [9.17, 15) is 18.0 Å². The van der Waals surface area contributed by atoms with Gasteiger partial charge in [0.25, 0.3) is 0 Å². The summed E-state index contributed by atoms with van der Waals surface area (Å²) >= 11 is 0. The fraction of sp³-hybridized carbons (Fsp3) is 0.667. The number of carbonyl (C=O) groups is 1. The molecule has 0 saturated heterocycles. The predicted octanol–water partition coefficient (Wildman–Crippen LogP) is 1.43. The van der Waals surface area contributed by atoms with Crippen LogP contribution in [-0.2, 0) is 17.5 Å². The van der Waals surface area contributed by atoms with Crippen molar-refractivity contribution in [2.45, 2.75) is 32.5 Å². The van der Waals surface area contributed by atoms with E-state index in [1.165, 1.54) is 0 Å². The molecule has 1 aromatic rings. The first-order valence-electron chi connectivity index (χ1n) is 6.31. The van der Waals surface area contributed by atoms with Crippen LogP contribution in [0.1, 0.15) is 25.5 Å². The lowest BCUT2D eigenvalue weighted by Crippen LogP contribution is -2.29. The Labute approximate surface area is 114 Å². The maximum absolute atomic E-state index is 12.3. The Balaban J connectivity index is 2.30. The molecule has 0 radical (unpaired) electrons. The number of aliphatic hydroxyl groups is 1. The van der Waals surface area contributed by atoms with Crippen LogP contribution in [0, 0.1) is 5.92 Å². The molecule has 1 heterocycles. The summed E-state index contributed by atoms with van der Waals surface area (Å²) < 4.78 is 37.9. The Kier molecular flexibility index (Phi) is 6.00. The van der Waals surface area contributed by atoms with Gasteiger partial charge in [-0.25, -0.2) is 0 Å². The zero-order valence-electron chi connectivity index (χ0n) is 11.2. The van der Waals surface area contributed by atoms with Crippen molar-refractivity contribution in [1.29, 1.82) is 0 Å². The van der Waals surface area contributed by atoms with Gasteiger partial charge in [-0.05, 0) is 24.8 Å². The highest BCUT2D eigenvalue weighted by atomic mass is 19.4. The SMILES string of the molecule is CC(CO)CCCNC(=O)Cn1ccc(C(F)(F)F)n1. The van der Waals surface area contributed by atoms with E-state index in [0.717, 1.165) is 23.4 Å². The molecule has 1 unspecified atom stereocenters. The lowest BCUT2D eigenvalue weighted by atomic mass is 10.1. The predicted molar refractivity (Wildman–Crippen MR) is 65.7 cm³/mol. The van der Waals surface area contributed by atoms with E-state index in [1.54, 1.807) is 0 Å². The molecule has 0 bridgehead atoms. The standard InChI is InChI=1S/C12H18F3N3O2/c1-9(8-19)3-2-5-16-11(20)7-18-6-4-10(17-18)12(13,14)15/h4,6,9,19H,2-3,5,7-8H2,1H3,(H,16,20). The summed E-state index contributed by atoms with van der Waals surface area (Å²) in [6, 6.07) is 0.830. The number of nitrogens with zero attached hydrogens (tertiary/aromatic N) is 2. The fourth-order valence-corrected chi connectivity index (χ4v) is 1.57. The fourth-order valence-electron chi connectivity index (χ4n) is 1.57. The molecule has 0 fully saturated rings. The van der Waals surface area contributed by atoms with Crippen LogP contribution in [0.15, 0.2) is 12.3 Å². The number of amides is 1. The van der Waals surface area contributed by atoms with Crippen LogP contribution >= 0.6 is 0 Å². The number of halogens is 3. The van der Waals surface area contributed by atoms with E-state index in [2.05, 4.69) is 10.4 Å². The van der Waals surface area contributed by atoms with Crippen molar-refractivity contribution in [3.8, 4) is 0 Å². The first-order chi connectivity index (χ1) is 9.32. The topological polar surface area (TPSA) is 67.2 Å². The van der Waals surface area contributed by atoms with Gasteiger partial charge >= 0.3 is 6.18 Å². The number of carbonyl (C=O) groups excluding carboxylic acids is 1. The van der Waals surface area contributed by atoms with E-state index in [-0.39, 0.29) is 19.1 Å². The molecule has 114 valence electrons. The smallest absolute Gasteiger partial charge is 0.396 e. The lowest BCUT2D eigenvalue weighted by molar-refractivity contribution is -0.141. The molecule has 1 atom stereocenters. The van der Waals surface area contributed by atoms with Crippen molar-refractivity contribution >= 4 is 5.91 Å². The molecule has 1 aromatic heterocycles. The summed E-state index contributed by atoms with van der Waals surface area (Å²) in [5.74, 6) is -0.217. The molecule has 0 aromatic carbocycles. The number of hydrogen-bond acceptors (Lipinski definition) is 3. The summed E-state index contributed by atoms with van der Waals surface area (Å²) in [7, 11) is 0. The van der Waals surface area contributed by atoms with Crippen LogP contribution in [0.25, 0.3) is 0 Å². The van der Waals surface area contributed by atoms with Gasteiger partial charge in [0, 0.05) is 19.3 Å². The largest absolute Gasteiger partial charge is 0.435 e. The van der Waals surface area contributed by atoms with Crippen molar-refractivity contribution in [3.05, 3.63) is 18.0 Å². The van der Waals surface area contributed by atoms with Crippen molar-refractivity contribution in [2.24, 2.45) is 5.92 Å². The van der Waals surface area contributed by atoms with Gasteiger partial charge in [0.2, 0.25) is 5.91 Å². The van der Waals surface area contributed by atoms with Crippen LogP contribution in [0.4, 0.5) is 13.2 Å². The zero-order chi connectivity index (χ0) is 15.2. The van der Waals surface area contributed by atoms with E-state index >= 15 is 0 Å². The Morgan fingerprint density at radius 2 is 2.25 bits per heavy atom. The highest BCUT2D eigenvalue weighted by molar-refractivity contribution is 5.75. The van der Waals surface area contributed by atoms with Gasteiger partial charge in [-0.3, -0.25) is 9.48 Å². The number of aromatic nitrogens is 2. The van der Waals surface area contributed by atoms with Crippen molar-refractivity contribution in [2.75, 3.05) is 13.2 Å². The zero-order valence-corrected chi connectivity index (χ0v) is 11.2. The molecule has 20 heavy (non-hydrogen) atoms. The van der Waals surface area contributed by atoms with Crippen molar-refractivity contribution in [1.82, 2.24) is 15.1 Å². The summed E-state index contributed by atoms with van der Waals surface area (Å²) in [4.78, 5) is 11.5. The highest BCUT2D eigenvalue weighted by Crippen LogP contribution is 2.27. The van der Waals surface area contributed by atoms with Gasteiger partial charge in [0.05, 0.1) is 0 Å². The van der Waals surface area contributed by atoms with Gasteiger partial charge in [0.1, 0.15) is 6.54 Å². The van der Waals surface area contributed by atoms with Crippen molar-refractivity contribution < 1.29 is 23.1 Å². The number of rotatable bonds is 7. The molecule has 0 saturated carbocycles. The average molecular weight is 293 g/mol. The first-order valence-corrected chi connectivity index (χ1v) is 6.31. The second-order valence-corrected chi connectivity index (χ2v) is 4.68. The quantitative estimate of drug-likeness (QED) is 0.747. The molecule has 0 aliphatic rings. The number of hydrogen-bond donors (Lipinski definition) is 2. The third-order valence-corrected chi connectivity index (χ3v) is 2.74. The summed E-state index contributed by atoms with van der Waals surface area (Å²) in [6.07, 6.45) is -1.89. The minimum atomic E-state index is -4.50. The summed E-state index contributed by atoms with van der Waals surface area (Å²) in [6.45, 7) is 2.17. The maximum Gasteiger partial charge on any atom is 0.435 e. The number of aliphatic hydroxyl groups excluding tert-OH is 1. The molecule has 0 aliphatic heterocycles. The molecule has 2 N–H and O–H groups in total. The van der Waals surface area contributed by atoms with Gasteiger partial charge in [0.15, 0.2) is 5.69 Å². The van der Waals surface area contributed by atoms with E-state index in [1.807, 2.05) is 6.92 Å². The lowest BCUT2D eigenvalue weighted by Gasteiger charge is -2.08. The summed E-state index contributed by atoms with van der Waals surface area (Å²) in [5.41, 5.74) is -1.01. The van der Waals surface area contributed by atoms with Crippen LogP contribution in [0.3, 0.4) is 0 Å². The molecular weight excluding hydrogens is 275 g/mol. The highest BCUT2D eigenvalue weighted by Gasteiger charge is 2.33. The van der Waals surface area contributed by atoms with Crippen LogP contribution in [0.2, 0.25) is 0 Å². The Morgan fingerprint density at radius 1 is 1.55 bits per heavy atom. The minimum Gasteiger partial charge on any atom is -0.396 e. The molecule has 0 spiro atoms.